The summed E-state index contributed by atoms with van der Waals surface area (Å²) in [4.78, 5) is 45.6. The van der Waals surface area contributed by atoms with E-state index in [0.29, 0.717) is 125 Å². The van der Waals surface area contributed by atoms with Gasteiger partial charge in [0.1, 0.15) is 26.4 Å². The molecule has 8 N–H and O–H groups in total. The first-order chi connectivity index (χ1) is 22.0. The fourth-order valence-electron chi connectivity index (χ4n) is 3.05. The quantitative estimate of drug-likeness (QED) is 0.0222. The van der Waals surface area contributed by atoms with E-state index in [9.17, 15) is 19.2 Å². The number of amides is 4. The van der Waals surface area contributed by atoms with Crippen LogP contribution >= 0.6 is 0 Å². The molecule has 0 aliphatic heterocycles. The van der Waals surface area contributed by atoms with Crippen LogP contribution in [0.5, 0.6) is 0 Å². The summed E-state index contributed by atoms with van der Waals surface area (Å²) < 4.78 is 42.2. The van der Waals surface area contributed by atoms with Crippen LogP contribution in [0.1, 0.15) is 19.3 Å². The fraction of sp³-hybridized carbons (Fsp3) is 0.852. The van der Waals surface area contributed by atoms with Crippen LogP contribution in [0, 0.1) is 0 Å². The minimum Gasteiger partial charge on any atom is -0.380 e. The first-order valence-corrected chi connectivity index (χ1v) is 15.1. The second-order valence-electron chi connectivity index (χ2n) is 9.19. The molecule has 0 aromatic carbocycles. The van der Waals surface area contributed by atoms with Gasteiger partial charge >= 0.3 is 0 Å². The van der Waals surface area contributed by atoms with E-state index < -0.39 is 5.91 Å². The predicted octanol–water partition coefficient (Wildman–Crippen LogP) is -3.41. The summed E-state index contributed by atoms with van der Waals surface area (Å²) in [5.74, 6) is 3.90. The van der Waals surface area contributed by atoms with Crippen LogP contribution in [0.4, 0.5) is 0 Å². The Labute approximate surface area is 265 Å². The molecule has 0 radical (unpaired) electrons. The molecule has 0 aliphatic rings. The van der Waals surface area contributed by atoms with E-state index in [1.807, 2.05) is 0 Å². The standard InChI is InChI=1S/C27H54N6O12/c28-24(34)20-42-11-1-8-38-14-4-30-25(35)21-43-12-2-9-39-15-5-31-26(36)22-44-13-3-10-40-16-6-32-27(37)23-45-19-18-41-17-7-33-29/h33H,1-23,29H2,(H2,28,34)(H,30,35)(H,31,36)(H,32,37). The lowest BCUT2D eigenvalue weighted by molar-refractivity contribution is -0.127. The van der Waals surface area contributed by atoms with E-state index in [2.05, 4.69) is 21.4 Å². The van der Waals surface area contributed by atoms with Gasteiger partial charge in [-0.3, -0.25) is 30.4 Å². The maximum absolute atomic E-state index is 11.8. The molecule has 0 bridgehead atoms. The third-order valence-corrected chi connectivity index (χ3v) is 5.14. The van der Waals surface area contributed by atoms with E-state index >= 15 is 0 Å². The number of hydrazine groups is 1. The molecule has 0 saturated carbocycles. The van der Waals surface area contributed by atoms with Crippen LogP contribution in [-0.4, -0.2) is 156 Å². The molecule has 0 aromatic rings. The molecule has 0 aliphatic carbocycles. The van der Waals surface area contributed by atoms with E-state index in [1.165, 1.54) is 0 Å². The number of hydrogen-bond donors (Lipinski definition) is 6. The lowest BCUT2D eigenvalue weighted by Gasteiger charge is -2.09. The van der Waals surface area contributed by atoms with E-state index in [4.69, 9.17) is 49.5 Å². The molecule has 0 heterocycles. The molecule has 0 unspecified atom stereocenters. The minimum absolute atomic E-state index is 0.0437. The van der Waals surface area contributed by atoms with Gasteiger partial charge in [0, 0.05) is 65.8 Å². The Bertz CT molecular complexity index is 738. The molecule has 45 heavy (non-hydrogen) atoms. The monoisotopic (exact) mass is 654 g/mol. The number of primary amides is 1. The van der Waals surface area contributed by atoms with Gasteiger partial charge in [0.05, 0.1) is 39.6 Å². The smallest absolute Gasteiger partial charge is 0.246 e. The Kier molecular flexibility index (Phi) is 32.4. The number of carbonyl (C=O) groups excluding carboxylic acids is 4. The number of hydrogen-bond acceptors (Lipinski definition) is 14. The molecule has 0 aromatic heterocycles. The topological polar surface area (TPSA) is 242 Å². The van der Waals surface area contributed by atoms with Crippen molar-refractivity contribution in [3.05, 3.63) is 0 Å². The van der Waals surface area contributed by atoms with Crippen LogP contribution < -0.4 is 33.0 Å². The summed E-state index contributed by atoms with van der Waals surface area (Å²) in [7, 11) is 0. The molecule has 18 nitrogen and oxygen atoms in total. The van der Waals surface area contributed by atoms with E-state index in [-0.39, 0.29) is 44.1 Å². The Hall–Kier alpha value is -2.52. The van der Waals surface area contributed by atoms with Crippen molar-refractivity contribution in [3.63, 3.8) is 0 Å². The lowest BCUT2D eigenvalue weighted by atomic mass is 10.5. The zero-order valence-electron chi connectivity index (χ0n) is 26.3. The Morgan fingerprint density at radius 1 is 0.400 bits per heavy atom. The zero-order valence-corrected chi connectivity index (χ0v) is 26.3. The summed E-state index contributed by atoms with van der Waals surface area (Å²) in [6.45, 7) is 6.10. The average Bonchev–Trinajstić information content (AvgIpc) is 3.01. The predicted molar refractivity (Wildman–Crippen MR) is 161 cm³/mol. The number of rotatable bonds is 35. The molecule has 0 fully saturated rings. The molecule has 0 atom stereocenters. The fourth-order valence-corrected chi connectivity index (χ4v) is 3.05. The van der Waals surface area contributed by atoms with Crippen LogP contribution in [0.2, 0.25) is 0 Å². The zero-order chi connectivity index (χ0) is 33.1. The highest BCUT2D eigenvalue weighted by atomic mass is 16.5. The van der Waals surface area contributed by atoms with Crippen molar-refractivity contribution >= 4 is 23.6 Å². The number of carbonyl (C=O) groups is 4. The first kappa shape index (κ1) is 42.5. The maximum atomic E-state index is 11.8. The molecule has 264 valence electrons. The Morgan fingerprint density at radius 3 is 1.11 bits per heavy atom. The summed E-state index contributed by atoms with van der Waals surface area (Å²) in [6.07, 6.45) is 1.85. The molecule has 0 spiro atoms. The Balaban J connectivity index is 3.31. The third kappa shape index (κ3) is 35.8. The number of ether oxygens (including phenoxy) is 8. The van der Waals surface area contributed by atoms with Crippen LogP contribution in [0.25, 0.3) is 0 Å². The van der Waals surface area contributed by atoms with Crippen molar-refractivity contribution < 1.29 is 57.1 Å². The summed E-state index contributed by atoms with van der Waals surface area (Å²) in [5.41, 5.74) is 7.42. The van der Waals surface area contributed by atoms with Gasteiger partial charge in [-0.05, 0) is 19.3 Å². The van der Waals surface area contributed by atoms with Gasteiger partial charge in [-0.15, -0.1) is 0 Å². The van der Waals surface area contributed by atoms with Gasteiger partial charge in [0.2, 0.25) is 23.6 Å². The normalized spacial score (nSPS) is 11.0. The van der Waals surface area contributed by atoms with Crippen molar-refractivity contribution in [2.24, 2.45) is 11.6 Å². The van der Waals surface area contributed by atoms with Crippen molar-refractivity contribution in [1.29, 1.82) is 0 Å². The average molecular weight is 655 g/mol. The van der Waals surface area contributed by atoms with Crippen molar-refractivity contribution in [2.75, 3.05) is 132 Å². The molecule has 0 saturated heterocycles. The second kappa shape index (κ2) is 34.4. The van der Waals surface area contributed by atoms with Crippen LogP contribution in [-0.2, 0) is 57.1 Å². The number of nitrogens with one attached hydrogen (secondary N) is 4. The molecular weight excluding hydrogens is 600 g/mol. The Morgan fingerprint density at radius 2 is 0.711 bits per heavy atom. The lowest BCUT2D eigenvalue weighted by Crippen LogP contribution is -2.31. The number of nitrogens with two attached hydrogens (primary N) is 2. The highest BCUT2D eigenvalue weighted by Gasteiger charge is 2.04. The van der Waals surface area contributed by atoms with Gasteiger partial charge in [-0.2, -0.15) is 0 Å². The molecular formula is C27H54N6O12. The minimum atomic E-state index is -0.509. The van der Waals surface area contributed by atoms with Crippen LogP contribution in [0.3, 0.4) is 0 Å². The van der Waals surface area contributed by atoms with Crippen molar-refractivity contribution in [2.45, 2.75) is 19.3 Å². The largest absolute Gasteiger partial charge is 0.380 e. The first-order valence-electron chi connectivity index (χ1n) is 15.1. The van der Waals surface area contributed by atoms with Gasteiger partial charge < -0.3 is 59.6 Å². The third-order valence-electron chi connectivity index (χ3n) is 5.14. The summed E-state index contributed by atoms with van der Waals surface area (Å²) in [6, 6.07) is 0. The van der Waals surface area contributed by atoms with E-state index in [1.54, 1.807) is 0 Å². The molecule has 18 heteroatoms. The van der Waals surface area contributed by atoms with Gasteiger partial charge in [-0.25, -0.2) is 0 Å². The van der Waals surface area contributed by atoms with Gasteiger partial charge in [0.15, 0.2) is 0 Å². The van der Waals surface area contributed by atoms with Gasteiger partial charge in [-0.1, -0.05) is 0 Å². The highest BCUT2D eigenvalue weighted by Crippen LogP contribution is 1.89. The summed E-state index contributed by atoms with van der Waals surface area (Å²) >= 11 is 0. The molecule has 0 rings (SSSR count). The molecule has 4 amide bonds. The highest BCUT2D eigenvalue weighted by molar-refractivity contribution is 5.77. The van der Waals surface area contributed by atoms with Gasteiger partial charge in [0.25, 0.3) is 0 Å². The van der Waals surface area contributed by atoms with Crippen LogP contribution in [0.15, 0.2) is 0 Å². The second-order valence-corrected chi connectivity index (χ2v) is 9.19. The SMILES string of the molecule is NNCCOCCOCC(=O)NCCOCCCOCC(=O)NCCOCCCOCC(=O)NCCOCCCOCC(N)=O. The van der Waals surface area contributed by atoms with E-state index in [0.717, 1.165) is 0 Å². The summed E-state index contributed by atoms with van der Waals surface area (Å²) in [5, 5.41) is 8.07. The maximum Gasteiger partial charge on any atom is 0.246 e. The van der Waals surface area contributed by atoms with Crippen molar-refractivity contribution in [3.8, 4) is 0 Å². The van der Waals surface area contributed by atoms with Crippen molar-refractivity contribution in [1.82, 2.24) is 21.4 Å².